The number of carbonyl (C=O) groups excluding carboxylic acids is 1. The van der Waals surface area contributed by atoms with Gasteiger partial charge in [0, 0.05) is 16.6 Å². The molecule has 4 rings (SSSR count). The lowest BCUT2D eigenvalue weighted by Crippen LogP contribution is -2.29. The number of hydrogen-bond acceptors (Lipinski definition) is 4. The third-order valence-corrected chi connectivity index (χ3v) is 5.53. The predicted octanol–water partition coefficient (Wildman–Crippen LogP) is 3.63. The number of hydrogen-bond donors (Lipinski definition) is 1. The average Bonchev–Trinajstić information content (AvgIpc) is 3.01. The number of rotatable bonds is 1. The minimum absolute atomic E-state index is 0.0230. The number of ketones is 1. The van der Waals surface area contributed by atoms with Crippen molar-refractivity contribution in [2.75, 3.05) is 12.8 Å². The SMILES string of the molecule is COc1ccc2c(c1)C(C)(C)C1=C(C2=O)c2ccc(C#N)c(N)c2C1. The molecule has 4 nitrogen and oxygen atoms in total. The van der Waals surface area contributed by atoms with Crippen LogP contribution in [0.15, 0.2) is 35.9 Å². The van der Waals surface area contributed by atoms with Gasteiger partial charge in [0.2, 0.25) is 0 Å². The summed E-state index contributed by atoms with van der Waals surface area (Å²) in [5, 5.41) is 9.24. The zero-order valence-electron chi connectivity index (χ0n) is 14.4. The number of allylic oxidation sites excluding steroid dienone is 2. The Hall–Kier alpha value is -3.06. The number of Topliss-reactive ketones (excluding diaryl/α,β-unsaturated/α-hetero) is 1. The molecule has 0 bridgehead atoms. The Bertz CT molecular complexity index is 1020. The van der Waals surface area contributed by atoms with Crippen molar-refractivity contribution in [1.82, 2.24) is 0 Å². The van der Waals surface area contributed by atoms with Gasteiger partial charge in [-0.3, -0.25) is 4.79 Å². The van der Waals surface area contributed by atoms with E-state index in [0.29, 0.717) is 23.2 Å². The minimum Gasteiger partial charge on any atom is -0.497 e. The van der Waals surface area contributed by atoms with Crippen LogP contribution >= 0.6 is 0 Å². The molecule has 2 aromatic carbocycles. The fourth-order valence-electron chi connectivity index (χ4n) is 4.07. The van der Waals surface area contributed by atoms with Gasteiger partial charge in [-0.15, -0.1) is 0 Å². The first-order valence-corrected chi connectivity index (χ1v) is 8.18. The van der Waals surface area contributed by atoms with E-state index in [4.69, 9.17) is 10.5 Å². The van der Waals surface area contributed by atoms with Gasteiger partial charge < -0.3 is 10.5 Å². The number of benzene rings is 2. The summed E-state index contributed by atoms with van der Waals surface area (Å²) < 4.78 is 5.35. The molecule has 0 heterocycles. The summed E-state index contributed by atoms with van der Waals surface area (Å²) in [6, 6.07) is 11.3. The first-order valence-electron chi connectivity index (χ1n) is 8.18. The molecule has 4 heteroatoms. The highest BCUT2D eigenvalue weighted by Gasteiger charge is 2.43. The third-order valence-electron chi connectivity index (χ3n) is 5.53. The maximum Gasteiger partial charge on any atom is 0.193 e. The van der Waals surface area contributed by atoms with E-state index in [1.807, 2.05) is 24.3 Å². The first-order chi connectivity index (χ1) is 11.9. The highest BCUT2D eigenvalue weighted by molar-refractivity contribution is 6.33. The zero-order valence-corrected chi connectivity index (χ0v) is 14.4. The number of ether oxygens (including phenoxy) is 1. The lowest BCUT2D eigenvalue weighted by atomic mass is 9.68. The second kappa shape index (κ2) is 4.97. The Balaban J connectivity index is 1.97. The van der Waals surface area contributed by atoms with E-state index >= 15 is 0 Å². The van der Waals surface area contributed by atoms with E-state index in [1.165, 1.54) is 0 Å². The quantitative estimate of drug-likeness (QED) is 0.810. The molecule has 0 unspecified atom stereocenters. The summed E-state index contributed by atoms with van der Waals surface area (Å²) in [5.74, 6) is 0.764. The molecule has 2 aliphatic carbocycles. The van der Waals surface area contributed by atoms with E-state index in [2.05, 4.69) is 19.9 Å². The van der Waals surface area contributed by atoms with Crippen LogP contribution in [-0.2, 0) is 11.8 Å². The van der Waals surface area contributed by atoms with Crippen LogP contribution in [0, 0.1) is 11.3 Å². The Labute approximate surface area is 146 Å². The van der Waals surface area contributed by atoms with Crippen molar-refractivity contribution in [3.8, 4) is 11.8 Å². The van der Waals surface area contributed by atoms with E-state index in [0.717, 1.165) is 33.6 Å². The minimum atomic E-state index is -0.314. The van der Waals surface area contributed by atoms with Gasteiger partial charge in [-0.25, -0.2) is 0 Å². The molecule has 0 amide bonds. The summed E-state index contributed by atoms with van der Waals surface area (Å²) in [5.41, 5.74) is 12.1. The largest absolute Gasteiger partial charge is 0.497 e. The summed E-state index contributed by atoms with van der Waals surface area (Å²) in [7, 11) is 1.62. The molecule has 0 saturated heterocycles. The lowest BCUT2D eigenvalue weighted by molar-refractivity contribution is 0.105. The van der Waals surface area contributed by atoms with Crippen molar-refractivity contribution in [1.29, 1.82) is 5.26 Å². The topological polar surface area (TPSA) is 76.1 Å². The predicted molar refractivity (Wildman–Crippen MR) is 96.5 cm³/mol. The van der Waals surface area contributed by atoms with Crippen LogP contribution in [0.2, 0.25) is 0 Å². The van der Waals surface area contributed by atoms with Crippen molar-refractivity contribution in [3.63, 3.8) is 0 Å². The van der Waals surface area contributed by atoms with Crippen molar-refractivity contribution in [2.24, 2.45) is 0 Å². The normalized spacial score (nSPS) is 16.8. The molecule has 0 aromatic heterocycles. The van der Waals surface area contributed by atoms with E-state index in [9.17, 15) is 10.1 Å². The van der Waals surface area contributed by atoms with Crippen LogP contribution < -0.4 is 10.5 Å². The standard InChI is InChI=1S/C21H18N2O2/c1-21(2)16-8-12(25-3)5-7-14(16)20(24)18-13-6-4-11(10-22)19(23)15(13)9-17(18)21/h4-8H,9,23H2,1-3H3. The summed E-state index contributed by atoms with van der Waals surface area (Å²) in [6.45, 7) is 4.25. The third kappa shape index (κ3) is 1.90. The van der Waals surface area contributed by atoms with E-state index in [-0.39, 0.29) is 11.2 Å². The summed E-state index contributed by atoms with van der Waals surface area (Å²) in [4.78, 5) is 13.2. The van der Waals surface area contributed by atoms with Crippen LogP contribution in [0.4, 0.5) is 5.69 Å². The number of carbonyl (C=O) groups is 1. The van der Waals surface area contributed by atoms with Gasteiger partial charge in [-0.1, -0.05) is 19.9 Å². The van der Waals surface area contributed by atoms with Gasteiger partial charge in [0.25, 0.3) is 0 Å². The van der Waals surface area contributed by atoms with Gasteiger partial charge in [-0.2, -0.15) is 5.26 Å². The van der Waals surface area contributed by atoms with E-state index < -0.39 is 0 Å². The molecule has 2 aromatic rings. The lowest BCUT2D eigenvalue weighted by Gasteiger charge is -2.34. The highest BCUT2D eigenvalue weighted by atomic mass is 16.5. The Morgan fingerprint density at radius 3 is 2.60 bits per heavy atom. The van der Waals surface area contributed by atoms with Gasteiger partial charge >= 0.3 is 0 Å². The average molecular weight is 330 g/mol. The fraction of sp³-hybridized carbons (Fsp3) is 0.238. The van der Waals surface area contributed by atoms with Crippen LogP contribution in [0.25, 0.3) is 5.57 Å². The molecular weight excluding hydrogens is 312 g/mol. The van der Waals surface area contributed by atoms with Crippen molar-refractivity contribution in [2.45, 2.75) is 25.7 Å². The van der Waals surface area contributed by atoms with Gasteiger partial charge in [0.15, 0.2) is 5.78 Å². The second-order valence-electron chi connectivity index (χ2n) is 7.06. The maximum absolute atomic E-state index is 13.2. The van der Waals surface area contributed by atoms with Crippen LogP contribution in [0.5, 0.6) is 5.75 Å². The van der Waals surface area contributed by atoms with Crippen molar-refractivity contribution < 1.29 is 9.53 Å². The van der Waals surface area contributed by atoms with Crippen molar-refractivity contribution >= 4 is 17.0 Å². The molecule has 0 atom stereocenters. The van der Waals surface area contributed by atoms with Crippen LogP contribution in [0.1, 0.15) is 46.5 Å². The summed E-state index contributed by atoms with van der Waals surface area (Å²) >= 11 is 0. The van der Waals surface area contributed by atoms with Crippen LogP contribution in [-0.4, -0.2) is 12.9 Å². The van der Waals surface area contributed by atoms with Gasteiger partial charge in [0.1, 0.15) is 11.8 Å². The number of nitrogens with two attached hydrogens (primary N) is 1. The zero-order chi connectivity index (χ0) is 17.9. The number of fused-ring (bicyclic) bond motifs is 3. The molecule has 2 N–H and O–H groups in total. The molecule has 0 spiro atoms. The molecule has 124 valence electrons. The Kier molecular flexibility index (Phi) is 3.07. The van der Waals surface area contributed by atoms with Crippen molar-refractivity contribution in [3.05, 3.63) is 63.7 Å². The van der Waals surface area contributed by atoms with Gasteiger partial charge in [0.05, 0.1) is 18.4 Å². The number of nitrogens with zero attached hydrogens (tertiary/aromatic N) is 1. The smallest absolute Gasteiger partial charge is 0.193 e. The Morgan fingerprint density at radius 1 is 1.20 bits per heavy atom. The van der Waals surface area contributed by atoms with Gasteiger partial charge in [-0.05, 0) is 52.9 Å². The number of anilines is 1. The molecule has 0 radical (unpaired) electrons. The van der Waals surface area contributed by atoms with E-state index in [1.54, 1.807) is 13.2 Å². The molecule has 2 aliphatic rings. The number of nitrogen functional groups attached to an aromatic ring is 1. The van der Waals surface area contributed by atoms with Crippen LogP contribution in [0.3, 0.4) is 0 Å². The molecule has 25 heavy (non-hydrogen) atoms. The number of nitriles is 1. The first kappa shape index (κ1) is 15.5. The second-order valence-corrected chi connectivity index (χ2v) is 7.06. The summed E-state index contributed by atoms with van der Waals surface area (Å²) in [6.07, 6.45) is 0.599. The Morgan fingerprint density at radius 2 is 1.92 bits per heavy atom. The highest BCUT2D eigenvalue weighted by Crippen LogP contribution is 2.51. The molecule has 0 aliphatic heterocycles. The monoisotopic (exact) mass is 330 g/mol. The number of methoxy groups -OCH3 is 1. The molecule has 0 saturated carbocycles. The molecular formula is C21H18N2O2. The fourth-order valence-corrected chi connectivity index (χ4v) is 4.07. The maximum atomic E-state index is 13.2. The molecule has 0 fully saturated rings.